The minimum absolute atomic E-state index is 0.341. The van der Waals surface area contributed by atoms with E-state index in [1.165, 1.54) is 0 Å². The van der Waals surface area contributed by atoms with Crippen molar-refractivity contribution < 1.29 is 9.31 Å². The molecule has 1 aliphatic heterocycles. The van der Waals surface area contributed by atoms with Crippen LogP contribution in [0.1, 0.15) is 41.5 Å². The fourth-order valence-electron chi connectivity index (χ4n) is 1.83. The second-order valence-corrected chi connectivity index (χ2v) is 6.70. The molecule has 1 aliphatic rings. The van der Waals surface area contributed by atoms with Crippen LogP contribution in [-0.2, 0) is 9.31 Å². The summed E-state index contributed by atoms with van der Waals surface area (Å²) >= 11 is 0. The average molecular weight is 277 g/mol. The van der Waals surface area contributed by atoms with Gasteiger partial charge in [-0.15, -0.1) is 0 Å². The lowest BCUT2D eigenvalue weighted by Crippen LogP contribution is -2.41. The Morgan fingerprint density at radius 2 is 1.60 bits per heavy atom. The van der Waals surface area contributed by atoms with Crippen LogP contribution in [0.3, 0.4) is 0 Å². The molecular weight excluding hydrogens is 253 g/mol. The van der Waals surface area contributed by atoms with Crippen molar-refractivity contribution in [3.05, 3.63) is 12.4 Å². The molecule has 0 bridgehead atoms. The molecule has 2 heterocycles. The molecule has 5 nitrogen and oxygen atoms in total. The molecule has 0 amide bonds. The Labute approximate surface area is 121 Å². The molecule has 6 heteroatoms. The lowest BCUT2D eigenvalue weighted by atomic mass is 9.81. The Morgan fingerprint density at radius 1 is 1.10 bits per heavy atom. The highest BCUT2D eigenvalue weighted by atomic mass is 16.7. The van der Waals surface area contributed by atoms with Crippen LogP contribution in [0.2, 0.25) is 0 Å². The molecule has 110 valence electrons. The third kappa shape index (κ3) is 3.12. The zero-order valence-corrected chi connectivity index (χ0v) is 13.2. The quantitative estimate of drug-likeness (QED) is 0.851. The van der Waals surface area contributed by atoms with Crippen LogP contribution in [0.25, 0.3) is 0 Å². The van der Waals surface area contributed by atoms with Crippen LogP contribution in [0, 0.1) is 5.92 Å². The maximum atomic E-state index is 5.97. The number of hydrogen-bond acceptors (Lipinski definition) is 5. The third-order valence-electron chi connectivity index (χ3n) is 3.87. The number of rotatable bonds is 4. The Balaban J connectivity index is 2.05. The van der Waals surface area contributed by atoms with E-state index < -0.39 is 7.12 Å². The van der Waals surface area contributed by atoms with E-state index in [4.69, 9.17) is 9.31 Å². The molecule has 1 saturated heterocycles. The van der Waals surface area contributed by atoms with Gasteiger partial charge in [-0.1, -0.05) is 13.8 Å². The fraction of sp³-hybridized carbons (Fsp3) is 0.714. The van der Waals surface area contributed by atoms with Gasteiger partial charge in [0.25, 0.3) is 0 Å². The summed E-state index contributed by atoms with van der Waals surface area (Å²) in [7, 11) is -0.404. The van der Waals surface area contributed by atoms with Crippen molar-refractivity contribution in [2.24, 2.45) is 5.92 Å². The highest BCUT2D eigenvalue weighted by Crippen LogP contribution is 2.36. The second kappa shape index (κ2) is 5.33. The maximum absolute atomic E-state index is 5.97. The summed E-state index contributed by atoms with van der Waals surface area (Å²) < 4.78 is 11.9. The summed E-state index contributed by atoms with van der Waals surface area (Å²) in [6.45, 7) is 13.3. The Hall–Kier alpha value is -1.14. The standard InChI is InChI=1S/C14H24BN3O2/c1-10(2)7-16-12-17-8-11(9-18-12)15-19-13(3,4)14(5,6)20-15/h8-10H,7H2,1-6H3,(H,16,17,18). The minimum Gasteiger partial charge on any atom is -0.399 e. The summed E-state index contributed by atoms with van der Waals surface area (Å²) in [6.07, 6.45) is 3.52. The zero-order chi connectivity index (χ0) is 15.0. The van der Waals surface area contributed by atoms with Crippen molar-refractivity contribution in [1.29, 1.82) is 0 Å². The van der Waals surface area contributed by atoms with E-state index in [1.807, 2.05) is 27.7 Å². The van der Waals surface area contributed by atoms with Gasteiger partial charge in [-0.25, -0.2) is 9.97 Å². The number of nitrogens with one attached hydrogen (secondary N) is 1. The van der Waals surface area contributed by atoms with Gasteiger partial charge in [-0.3, -0.25) is 0 Å². The largest absolute Gasteiger partial charge is 0.498 e. The van der Waals surface area contributed by atoms with Gasteiger partial charge >= 0.3 is 7.12 Å². The highest BCUT2D eigenvalue weighted by molar-refractivity contribution is 6.61. The maximum Gasteiger partial charge on any atom is 0.498 e. The molecule has 0 radical (unpaired) electrons. The smallest absolute Gasteiger partial charge is 0.399 e. The molecule has 1 aromatic heterocycles. The van der Waals surface area contributed by atoms with Crippen LogP contribution < -0.4 is 10.8 Å². The van der Waals surface area contributed by atoms with Crippen LogP contribution in [0.4, 0.5) is 5.95 Å². The van der Waals surface area contributed by atoms with Crippen LogP contribution in [0.15, 0.2) is 12.4 Å². The Kier molecular flexibility index (Phi) is 4.07. The first kappa shape index (κ1) is 15.3. The Morgan fingerprint density at radius 3 is 2.05 bits per heavy atom. The summed E-state index contributed by atoms with van der Waals surface area (Å²) in [5, 5.41) is 3.19. The molecule has 0 saturated carbocycles. The van der Waals surface area contributed by atoms with Gasteiger partial charge in [0.05, 0.1) is 11.2 Å². The lowest BCUT2D eigenvalue weighted by molar-refractivity contribution is 0.00578. The monoisotopic (exact) mass is 277 g/mol. The van der Waals surface area contributed by atoms with Crippen molar-refractivity contribution >= 4 is 18.5 Å². The van der Waals surface area contributed by atoms with E-state index in [-0.39, 0.29) is 11.2 Å². The molecule has 0 aliphatic carbocycles. The highest BCUT2D eigenvalue weighted by Gasteiger charge is 2.51. The van der Waals surface area contributed by atoms with E-state index in [1.54, 1.807) is 12.4 Å². The van der Waals surface area contributed by atoms with Gasteiger partial charge in [0.2, 0.25) is 5.95 Å². The topological polar surface area (TPSA) is 56.3 Å². The predicted molar refractivity (Wildman–Crippen MR) is 81.1 cm³/mol. The summed E-state index contributed by atoms with van der Waals surface area (Å²) in [5.41, 5.74) is 0.164. The molecular formula is C14H24BN3O2. The van der Waals surface area contributed by atoms with Crippen LogP contribution in [-0.4, -0.2) is 34.8 Å². The van der Waals surface area contributed by atoms with Crippen LogP contribution >= 0.6 is 0 Å². The average Bonchev–Trinajstić information content (AvgIpc) is 2.56. The first-order chi connectivity index (χ1) is 9.21. The van der Waals surface area contributed by atoms with E-state index in [0.717, 1.165) is 12.0 Å². The van der Waals surface area contributed by atoms with Gasteiger partial charge in [-0.2, -0.15) is 0 Å². The number of hydrogen-bond donors (Lipinski definition) is 1. The number of anilines is 1. The predicted octanol–water partition coefficient (Wildman–Crippen LogP) is 1.84. The molecule has 0 atom stereocenters. The minimum atomic E-state index is -0.404. The van der Waals surface area contributed by atoms with Crippen molar-refractivity contribution in [3.8, 4) is 0 Å². The van der Waals surface area contributed by atoms with Gasteiger partial charge < -0.3 is 14.6 Å². The molecule has 0 spiro atoms. The molecule has 0 aromatic carbocycles. The molecule has 1 N–H and O–H groups in total. The Bertz CT molecular complexity index is 444. The van der Waals surface area contributed by atoms with Gasteiger partial charge in [0.15, 0.2) is 0 Å². The second-order valence-electron chi connectivity index (χ2n) is 6.70. The molecule has 20 heavy (non-hydrogen) atoms. The normalized spacial score (nSPS) is 20.4. The van der Waals surface area contributed by atoms with E-state index >= 15 is 0 Å². The number of nitrogens with zero attached hydrogens (tertiary/aromatic N) is 2. The van der Waals surface area contributed by atoms with Crippen molar-refractivity contribution in [3.63, 3.8) is 0 Å². The first-order valence-corrected chi connectivity index (χ1v) is 7.13. The zero-order valence-electron chi connectivity index (χ0n) is 13.2. The fourth-order valence-corrected chi connectivity index (χ4v) is 1.83. The molecule has 2 rings (SSSR count). The van der Waals surface area contributed by atoms with Crippen LogP contribution in [0.5, 0.6) is 0 Å². The molecule has 1 aromatic rings. The van der Waals surface area contributed by atoms with Crippen molar-refractivity contribution in [2.75, 3.05) is 11.9 Å². The SMILES string of the molecule is CC(C)CNc1ncc(B2OC(C)(C)C(C)(C)O2)cn1. The summed E-state index contributed by atoms with van der Waals surface area (Å²) in [6, 6.07) is 0. The summed E-state index contributed by atoms with van der Waals surface area (Å²) in [5.74, 6) is 1.19. The van der Waals surface area contributed by atoms with E-state index in [9.17, 15) is 0 Å². The summed E-state index contributed by atoms with van der Waals surface area (Å²) in [4.78, 5) is 8.62. The van der Waals surface area contributed by atoms with Crippen molar-refractivity contribution in [1.82, 2.24) is 9.97 Å². The van der Waals surface area contributed by atoms with Gasteiger partial charge in [0.1, 0.15) is 0 Å². The molecule has 0 unspecified atom stereocenters. The van der Waals surface area contributed by atoms with Gasteiger partial charge in [0, 0.05) is 24.4 Å². The first-order valence-electron chi connectivity index (χ1n) is 7.13. The van der Waals surface area contributed by atoms with Gasteiger partial charge in [-0.05, 0) is 33.6 Å². The van der Waals surface area contributed by atoms with E-state index in [0.29, 0.717) is 11.9 Å². The van der Waals surface area contributed by atoms with E-state index in [2.05, 4.69) is 29.1 Å². The van der Waals surface area contributed by atoms with Crippen molar-refractivity contribution in [2.45, 2.75) is 52.7 Å². The number of aromatic nitrogens is 2. The third-order valence-corrected chi connectivity index (χ3v) is 3.87. The molecule has 1 fully saturated rings. The lowest BCUT2D eigenvalue weighted by Gasteiger charge is -2.32.